The molecule has 0 aliphatic rings. The summed E-state index contributed by atoms with van der Waals surface area (Å²) < 4.78 is 11.8. The lowest BCUT2D eigenvalue weighted by atomic mass is 10.2. The predicted octanol–water partition coefficient (Wildman–Crippen LogP) is 3.28. The second-order valence-electron chi connectivity index (χ2n) is 3.62. The Morgan fingerprint density at radius 1 is 1.33 bits per heavy atom. The molecule has 1 heterocycles. The molecule has 0 spiro atoms. The standard InChI is InChI=1S/C12H12BrClN2O2/c13-10-5-6-17-12(10)11(16-15)7-18-9-3-1-8(14)2-4-9/h1-6,11,16H,7,15H2. The van der Waals surface area contributed by atoms with Gasteiger partial charge in [-0.1, -0.05) is 11.6 Å². The Morgan fingerprint density at radius 2 is 2.06 bits per heavy atom. The molecule has 0 saturated heterocycles. The van der Waals surface area contributed by atoms with Crippen LogP contribution >= 0.6 is 27.5 Å². The smallest absolute Gasteiger partial charge is 0.139 e. The van der Waals surface area contributed by atoms with Gasteiger partial charge in [0.25, 0.3) is 0 Å². The number of nitrogens with one attached hydrogen (secondary N) is 1. The van der Waals surface area contributed by atoms with E-state index < -0.39 is 0 Å². The van der Waals surface area contributed by atoms with Crippen LogP contribution in [0.4, 0.5) is 0 Å². The summed E-state index contributed by atoms with van der Waals surface area (Å²) >= 11 is 9.18. The van der Waals surface area contributed by atoms with E-state index in [1.54, 1.807) is 30.5 Å². The van der Waals surface area contributed by atoms with Crippen LogP contribution in [0.15, 0.2) is 45.5 Å². The Kier molecular flexibility index (Phi) is 4.66. The maximum absolute atomic E-state index is 5.79. The lowest BCUT2D eigenvalue weighted by Crippen LogP contribution is -2.32. The van der Waals surface area contributed by atoms with E-state index in [1.807, 2.05) is 6.07 Å². The lowest BCUT2D eigenvalue weighted by Gasteiger charge is -2.15. The molecule has 96 valence electrons. The van der Waals surface area contributed by atoms with Crippen LogP contribution in [0.1, 0.15) is 11.8 Å². The van der Waals surface area contributed by atoms with Crippen molar-refractivity contribution in [2.45, 2.75) is 6.04 Å². The number of nitrogens with two attached hydrogens (primary N) is 1. The fourth-order valence-corrected chi connectivity index (χ4v) is 2.07. The van der Waals surface area contributed by atoms with Crippen molar-refractivity contribution in [3.05, 3.63) is 51.9 Å². The van der Waals surface area contributed by atoms with Crippen LogP contribution in [-0.4, -0.2) is 6.61 Å². The Labute approximate surface area is 118 Å². The van der Waals surface area contributed by atoms with Crippen molar-refractivity contribution >= 4 is 27.5 Å². The first-order chi connectivity index (χ1) is 8.70. The molecule has 2 rings (SSSR count). The second kappa shape index (κ2) is 6.24. The molecule has 2 aromatic rings. The van der Waals surface area contributed by atoms with E-state index in [2.05, 4.69) is 21.4 Å². The average molecular weight is 332 g/mol. The van der Waals surface area contributed by atoms with Gasteiger partial charge in [-0.05, 0) is 46.3 Å². The molecule has 0 bridgehead atoms. The van der Waals surface area contributed by atoms with Crippen molar-refractivity contribution in [3.63, 3.8) is 0 Å². The Bertz CT molecular complexity index is 501. The third kappa shape index (κ3) is 3.26. The molecule has 6 heteroatoms. The normalized spacial score (nSPS) is 12.4. The number of furan rings is 1. The molecular weight excluding hydrogens is 320 g/mol. The molecule has 0 amide bonds. The van der Waals surface area contributed by atoms with Gasteiger partial charge in [-0.25, -0.2) is 5.43 Å². The van der Waals surface area contributed by atoms with Gasteiger partial charge in [-0.3, -0.25) is 5.84 Å². The van der Waals surface area contributed by atoms with Crippen LogP contribution in [0, 0.1) is 0 Å². The number of hydrogen-bond donors (Lipinski definition) is 2. The maximum Gasteiger partial charge on any atom is 0.139 e. The van der Waals surface area contributed by atoms with Crippen molar-refractivity contribution in [3.8, 4) is 5.75 Å². The van der Waals surface area contributed by atoms with Gasteiger partial charge in [0.05, 0.1) is 10.7 Å². The van der Waals surface area contributed by atoms with Crippen molar-refractivity contribution in [2.24, 2.45) is 5.84 Å². The van der Waals surface area contributed by atoms with Crippen molar-refractivity contribution in [1.29, 1.82) is 0 Å². The first-order valence-corrected chi connectivity index (χ1v) is 6.45. The average Bonchev–Trinajstić information content (AvgIpc) is 2.79. The highest BCUT2D eigenvalue weighted by Gasteiger charge is 2.17. The zero-order valence-electron chi connectivity index (χ0n) is 9.40. The molecule has 0 aliphatic carbocycles. The summed E-state index contributed by atoms with van der Waals surface area (Å²) in [4.78, 5) is 0. The van der Waals surface area contributed by atoms with E-state index in [0.29, 0.717) is 17.4 Å². The molecule has 0 fully saturated rings. The Balaban J connectivity index is 2.00. The number of benzene rings is 1. The van der Waals surface area contributed by atoms with Crippen LogP contribution in [0.5, 0.6) is 5.75 Å². The molecule has 1 unspecified atom stereocenters. The molecule has 0 saturated carbocycles. The number of ether oxygens (including phenoxy) is 1. The van der Waals surface area contributed by atoms with E-state index in [1.165, 1.54) is 0 Å². The van der Waals surface area contributed by atoms with E-state index in [-0.39, 0.29) is 6.04 Å². The molecule has 0 aliphatic heterocycles. The summed E-state index contributed by atoms with van der Waals surface area (Å²) in [5.41, 5.74) is 2.65. The molecule has 3 N–H and O–H groups in total. The third-order valence-electron chi connectivity index (χ3n) is 2.39. The van der Waals surface area contributed by atoms with Gasteiger partial charge in [-0.15, -0.1) is 0 Å². The van der Waals surface area contributed by atoms with E-state index in [9.17, 15) is 0 Å². The van der Waals surface area contributed by atoms with E-state index in [4.69, 9.17) is 26.6 Å². The molecule has 0 radical (unpaired) electrons. The molecule has 1 aromatic heterocycles. The topological polar surface area (TPSA) is 60.4 Å². The van der Waals surface area contributed by atoms with Crippen molar-refractivity contribution in [1.82, 2.24) is 5.43 Å². The molecular formula is C12H12BrClN2O2. The minimum atomic E-state index is -0.231. The van der Waals surface area contributed by atoms with Gasteiger partial charge < -0.3 is 9.15 Å². The van der Waals surface area contributed by atoms with Gasteiger partial charge in [0.2, 0.25) is 0 Å². The highest BCUT2D eigenvalue weighted by molar-refractivity contribution is 9.10. The van der Waals surface area contributed by atoms with Crippen molar-refractivity contribution < 1.29 is 9.15 Å². The largest absolute Gasteiger partial charge is 0.491 e. The number of rotatable bonds is 5. The fourth-order valence-electron chi connectivity index (χ4n) is 1.46. The van der Waals surface area contributed by atoms with E-state index in [0.717, 1.165) is 10.2 Å². The SMILES string of the molecule is NNC(COc1ccc(Cl)cc1)c1occc1Br. The quantitative estimate of drug-likeness (QED) is 0.652. The number of hydrazine groups is 1. The second-order valence-corrected chi connectivity index (χ2v) is 4.91. The summed E-state index contributed by atoms with van der Waals surface area (Å²) in [6, 6.07) is 8.71. The minimum absolute atomic E-state index is 0.231. The molecule has 18 heavy (non-hydrogen) atoms. The third-order valence-corrected chi connectivity index (χ3v) is 3.30. The molecule has 1 aromatic carbocycles. The first kappa shape index (κ1) is 13.4. The zero-order valence-corrected chi connectivity index (χ0v) is 11.7. The molecule has 1 atom stereocenters. The van der Waals surface area contributed by atoms with Crippen LogP contribution in [-0.2, 0) is 0 Å². The summed E-state index contributed by atoms with van der Waals surface area (Å²) in [7, 11) is 0. The maximum atomic E-state index is 5.79. The van der Waals surface area contributed by atoms with Gasteiger partial charge in [-0.2, -0.15) is 0 Å². The summed E-state index contributed by atoms with van der Waals surface area (Å²) in [5.74, 6) is 6.91. The summed E-state index contributed by atoms with van der Waals surface area (Å²) in [5, 5.41) is 0.671. The van der Waals surface area contributed by atoms with Crippen LogP contribution < -0.4 is 16.0 Å². The predicted molar refractivity (Wildman–Crippen MR) is 73.4 cm³/mol. The van der Waals surface area contributed by atoms with Crippen LogP contribution in [0.3, 0.4) is 0 Å². The van der Waals surface area contributed by atoms with Gasteiger partial charge in [0.15, 0.2) is 0 Å². The number of hydrogen-bond acceptors (Lipinski definition) is 4. The van der Waals surface area contributed by atoms with E-state index >= 15 is 0 Å². The number of halogens is 2. The lowest BCUT2D eigenvalue weighted by molar-refractivity contribution is 0.247. The van der Waals surface area contributed by atoms with Gasteiger partial charge in [0.1, 0.15) is 24.2 Å². The van der Waals surface area contributed by atoms with Gasteiger partial charge in [0, 0.05) is 5.02 Å². The Morgan fingerprint density at radius 3 is 2.61 bits per heavy atom. The summed E-state index contributed by atoms with van der Waals surface area (Å²) in [6.45, 7) is 0.351. The highest BCUT2D eigenvalue weighted by Crippen LogP contribution is 2.25. The van der Waals surface area contributed by atoms with Crippen LogP contribution in [0.25, 0.3) is 0 Å². The fraction of sp³-hybridized carbons (Fsp3) is 0.167. The summed E-state index contributed by atoms with van der Waals surface area (Å²) in [6.07, 6.45) is 1.59. The zero-order chi connectivity index (χ0) is 13.0. The Hall–Kier alpha value is -1.01. The van der Waals surface area contributed by atoms with Gasteiger partial charge >= 0.3 is 0 Å². The van der Waals surface area contributed by atoms with Crippen LogP contribution in [0.2, 0.25) is 5.02 Å². The monoisotopic (exact) mass is 330 g/mol. The highest BCUT2D eigenvalue weighted by atomic mass is 79.9. The minimum Gasteiger partial charge on any atom is -0.491 e. The molecule has 4 nitrogen and oxygen atoms in total. The first-order valence-electron chi connectivity index (χ1n) is 5.28. The van der Waals surface area contributed by atoms with Crippen molar-refractivity contribution in [2.75, 3.05) is 6.61 Å².